The molecule has 0 aliphatic rings. The monoisotopic (exact) mass is 433 g/mol. The van der Waals surface area contributed by atoms with Crippen molar-refractivity contribution in [3.8, 4) is 11.4 Å². The lowest BCUT2D eigenvalue weighted by molar-refractivity contribution is 0.0781. The van der Waals surface area contributed by atoms with Crippen LogP contribution in [0.25, 0.3) is 22.3 Å². The maximum Gasteiger partial charge on any atom is 0.273 e. The summed E-state index contributed by atoms with van der Waals surface area (Å²) in [7, 11) is 1.77. The summed E-state index contributed by atoms with van der Waals surface area (Å²) in [5.41, 5.74) is 5.06. The lowest BCUT2D eigenvalue weighted by atomic mass is 10.1. The highest BCUT2D eigenvalue weighted by Crippen LogP contribution is 2.26. The van der Waals surface area contributed by atoms with Crippen LogP contribution in [0.15, 0.2) is 48.7 Å². The Kier molecular flexibility index (Phi) is 5.74. The highest BCUT2D eigenvalue weighted by molar-refractivity contribution is 6.31. The van der Waals surface area contributed by atoms with E-state index in [0.717, 1.165) is 28.9 Å². The Morgan fingerprint density at radius 3 is 2.65 bits per heavy atom. The number of carbonyl (C=O) groups excluding carboxylic acids is 1. The molecule has 1 amide bonds. The van der Waals surface area contributed by atoms with Crippen molar-refractivity contribution in [2.45, 2.75) is 33.9 Å². The van der Waals surface area contributed by atoms with Crippen molar-refractivity contribution in [2.75, 3.05) is 7.05 Å². The summed E-state index contributed by atoms with van der Waals surface area (Å²) in [4.78, 5) is 24.5. The molecule has 7 heteroatoms. The van der Waals surface area contributed by atoms with Crippen molar-refractivity contribution in [1.29, 1.82) is 0 Å². The summed E-state index contributed by atoms with van der Waals surface area (Å²) in [5, 5.41) is 5.56. The molecule has 0 unspecified atom stereocenters. The minimum Gasteiger partial charge on any atom is -0.336 e. The number of hydrogen-bond acceptors (Lipinski definition) is 4. The minimum absolute atomic E-state index is 0.188. The quantitative estimate of drug-likeness (QED) is 0.441. The smallest absolute Gasteiger partial charge is 0.273 e. The van der Waals surface area contributed by atoms with Gasteiger partial charge in [-0.1, -0.05) is 35.4 Å². The average Bonchev–Trinajstić information content (AvgIpc) is 3.11. The molecule has 4 aromatic rings. The molecule has 0 atom stereocenters. The second kappa shape index (κ2) is 8.47. The zero-order valence-electron chi connectivity index (χ0n) is 18.1. The normalized spacial score (nSPS) is 11.1. The maximum absolute atomic E-state index is 13.5. The third-order valence-electron chi connectivity index (χ3n) is 5.40. The van der Waals surface area contributed by atoms with E-state index in [1.54, 1.807) is 24.1 Å². The van der Waals surface area contributed by atoms with Crippen LogP contribution in [0.4, 0.5) is 0 Å². The Morgan fingerprint density at radius 2 is 1.94 bits per heavy atom. The van der Waals surface area contributed by atoms with Gasteiger partial charge in [0, 0.05) is 47.4 Å². The predicted octanol–water partition coefficient (Wildman–Crippen LogP) is 5.06. The number of benzene rings is 2. The van der Waals surface area contributed by atoms with E-state index in [2.05, 4.69) is 15.1 Å². The molecule has 31 heavy (non-hydrogen) atoms. The molecule has 0 N–H and O–H groups in total. The van der Waals surface area contributed by atoms with Gasteiger partial charge in [-0.25, -0.2) is 9.97 Å². The van der Waals surface area contributed by atoms with Crippen molar-refractivity contribution >= 4 is 28.4 Å². The van der Waals surface area contributed by atoms with Gasteiger partial charge in [0.1, 0.15) is 5.69 Å². The molecule has 0 aliphatic carbocycles. The van der Waals surface area contributed by atoms with Crippen molar-refractivity contribution in [3.05, 3.63) is 76.2 Å². The van der Waals surface area contributed by atoms with Crippen LogP contribution in [0.1, 0.15) is 34.2 Å². The second-order valence-corrected chi connectivity index (χ2v) is 8.10. The third kappa shape index (κ3) is 4.16. The van der Waals surface area contributed by atoms with Crippen LogP contribution in [-0.2, 0) is 13.1 Å². The van der Waals surface area contributed by atoms with Gasteiger partial charge >= 0.3 is 0 Å². The fourth-order valence-corrected chi connectivity index (χ4v) is 3.82. The Morgan fingerprint density at radius 1 is 1.13 bits per heavy atom. The SMILES string of the molecule is CCn1ncc(CN(C)C(=O)c2nc(-c3cccc(C)c3)nc3ccc(Cl)cc23)c1C. The summed E-state index contributed by atoms with van der Waals surface area (Å²) in [5.74, 6) is 0.331. The molecule has 6 nitrogen and oxygen atoms in total. The lowest BCUT2D eigenvalue weighted by Crippen LogP contribution is -2.27. The van der Waals surface area contributed by atoms with Crippen LogP contribution in [0.2, 0.25) is 5.02 Å². The number of nitrogens with zero attached hydrogens (tertiary/aromatic N) is 5. The molecule has 0 fully saturated rings. The molecule has 2 heterocycles. The van der Waals surface area contributed by atoms with E-state index in [4.69, 9.17) is 11.6 Å². The molecular formula is C24H24ClN5O. The summed E-state index contributed by atoms with van der Waals surface area (Å²) in [6.07, 6.45) is 1.82. The first kappa shape index (κ1) is 21.0. The maximum atomic E-state index is 13.5. The standard InChI is InChI=1S/C24H24ClN5O/c1-5-30-16(3)18(13-26-30)14-29(4)24(31)22-20-12-19(25)9-10-21(20)27-23(28-22)17-8-6-7-15(2)11-17/h6-13H,5,14H2,1-4H3. The molecule has 0 saturated carbocycles. The average molecular weight is 434 g/mol. The highest BCUT2D eigenvalue weighted by atomic mass is 35.5. The van der Waals surface area contributed by atoms with E-state index < -0.39 is 0 Å². The number of rotatable bonds is 5. The van der Waals surface area contributed by atoms with Gasteiger partial charge in [-0.3, -0.25) is 9.48 Å². The van der Waals surface area contributed by atoms with Crippen molar-refractivity contribution < 1.29 is 4.79 Å². The van der Waals surface area contributed by atoms with Crippen molar-refractivity contribution in [2.24, 2.45) is 0 Å². The summed E-state index contributed by atoms with van der Waals surface area (Å²) in [6.45, 7) is 7.31. The number of fused-ring (bicyclic) bond motifs is 1. The summed E-state index contributed by atoms with van der Waals surface area (Å²) >= 11 is 6.23. The van der Waals surface area contributed by atoms with Crippen molar-refractivity contribution in [3.63, 3.8) is 0 Å². The fraction of sp³-hybridized carbons (Fsp3) is 0.250. The van der Waals surface area contributed by atoms with E-state index >= 15 is 0 Å². The molecule has 0 radical (unpaired) electrons. The van der Waals surface area contributed by atoms with Gasteiger partial charge in [-0.2, -0.15) is 5.10 Å². The zero-order chi connectivity index (χ0) is 22.1. The van der Waals surface area contributed by atoms with Gasteiger partial charge in [-0.15, -0.1) is 0 Å². The van der Waals surface area contributed by atoms with E-state index in [-0.39, 0.29) is 5.91 Å². The van der Waals surface area contributed by atoms with Crippen LogP contribution in [0.5, 0.6) is 0 Å². The Balaban J connectivity index is 1.77. The number of aryl methyl sites for hydroxylation is 2. The van der Waals surface area contributed by atoms with Gasteiger partial charge in [0.2, 0.25) is 0 Å². The molecule has 0 aliphatic heterocycles. The van der Waals surface area contributed by atoms with E-state index in [1.165, 1.54) is 0 Å². The van der Waals surface area contributed by atoms with Crippen LogP contribution in [-0.4, -0.2) is 37.6 Å². The van der Waals surface area contributed by atoms with Gasteiger partial charge < -0.3 is 4.90 Å². The van der Waals surface area contributed by atoms with E-state index in [9.17, 15) is 4.79 Å². The van der Waals surface area contributed by atoms with E-state index in [0.29, 0.717) is 34.0 Å². The third-order valence-corrected chi connectivity index (χ3v) is 5.63. The number of halogens is 1. The topological polar surface area (TPSA) is 63.9 Å². The Hall–Kier alpha value is -3.25. The van der Waals surface area contributed by atoms with Gasteiger partial charge in [-0.05, 0) is 45.0 Å². The zero-order valence-corrected chi connectivity index (χ0v) is 18.8. The van der Waals surface area contributed by atoms with Crippen molar-refractivity contribution in [1.82, 2.24) is 24.6 Å². The van der Waals surface area contributed by atoms with Gasteiger partial charge in [0.25, 0.3) is 5.91 Å². The number of aromatic nitrogens is 4. The van der Waals surface area contributed by atoms with Gasteiger partial charge in [0.05, 0.1) is 11.7 Å². The number of carbonyl (C=O) groups is 1. The second-order valence-electron chi connectivity index (χ2n) is 7.66. The number of hydrogen-bond donors (Lipinski definition) is 0. The first-order valence-electron chi connectivity index (χ1n) is 10.2. The van der Waals surface area contributed by atoms with Crippen LogP contribution in [0, 0.1) is 13.8 Å². The molecule has 158 valence electrons. The molecule has 2 aromatic carbocycles. The molecule has 0 spiro atoms. The first-order chi connectivity index (χ1) is 14.9. The van der Waals surface area contributed by atoms with Crippen LogP contribution >= 0.6 is 11.6 Å². The molecule has 0 bridgehead atoms. The predicted molar refractivity (Wildman–Crippen MR) is 123 cm³/mol. The summed E-state index contributed by atoms with van der Waals surface area (Å²) in [6, 6.07) is 13.3. The minimum atomic E-state index is -0.188. The Labute approximate surface area is 186 Å². The van der Waals surface area contributed by atoms with Crippen LogP contribution < -0.4 is 0 Å². The molecular weight excluding hydrogens is 410 g/mol. The lowest BCUT2D eigenvalue weighted by Gasteiger charge is -2.18. The molecule has 2 aromatic heterocycles. The first-order valence-corrected chi connectivity index (χ1v) is 10.6. The summed E-state index contributed by atoms with van der Waals surface area (Å²) < 4.78 is 1.92. The number of amides is 1. The fourth-order valence-electron chi connectivity index (χ4n) is 3.64. The largest absolute Gasteiger partial charge is 0.336 e. The highest BCUT2D eigenvalue weighted by Gasteiger charge is 2.21. The molecule has 4 rings (SSSR count). The molecule has 0 saturated heterocycles. The van der Waals surface area contributed by atoms with E-state index in [1.807, 2.05) is 62.0 Å². The Bertz CT molecular complexity index is 1280. The van der Waals surface area contributed by atoms with Gasteiger partial charge in [0.15, 0.2) is 5.82 Å². The van der Waals surface area contributed by atoms with Crippen LogP contribution in [0.3, 0.4) is 0 Å².